The van der Waals surface area contributed by atoms with Crippen molar-refractivity contribution in [3.8, 4) is 17.0 Å². The fourth-order valence-electron chi connectivity index (χ4n) is 4.01. The molecule has 32 heavy (non-hydrogen) atoms. The topological polar surface area (TPSA) is 103 Å². The number of carbonyl (C=O) groups excluding carboxylic acids is 1. The predicted octanol–water partition coefficient (Wildman–Crippen LogP) is 0.162. The molecule has 0 saturated carbocycles. The van der Waals surface area contributed by atoms with Crippen molar-refractivity contribution in [3.63, 3.8) is 0 Å². The Balaban J connectivity index is 1.73. The van der Waals surface area contributed by atoms with E-state index in [9.17, 15) is 9.18 Å². The number of hydrogen-bond acceptors (Lipinski definition) is 6. The third-order valence-corrected chi connectivity index (χ3v) is 8.30. The number of fused-ring (bicyclic) bond motifs is 3. The van der Waals surface area contributed by atoms with E-state index < -0.39 is 27.3 Å². The Bertz CT molecular complexity index is 1170. The Morgan fingerprint density at radius 3 is 3.03 bits per heavy atom. The first-order chi connectivity index (χ1) is 15.7. The van der Waals surface area contributed by atoms with Crippen LogP contribution in [0.15, 0.2) is 36.7 Å². The SMILES string of the molecule is COc1c(F)cccc1Nc1c2[nH]c3c1C(=O)NC[C@@H]3[I-]NCCCNc1cnccc1-2. The Labute approximate surface area is 195 Å². The fraction of sp³-hybridized carbons (Fsp3) is 0.273. The van der Waals surface area contributed by atoms with Crippen LogP contribution in [-0.4, -0.2) is 42.6 Å². The zero-order valence-corrected chi connectivity index (χ0v) is 19.5. The average molecular weight is 549 g/mol. The van der Waals surface area contributed by atoms with Gasteiger partial charge in [-0.25, -0.2) is 0 Å². The molecule has 8 nitrogen and oxygen atoms in total. The summed E-state index contributed by atoms with van der Waals surface area (Å²) in [7, 11) is 1.43. The van der Waals surface area contributed by atoms with Crippen LogP contribution in [0.2, 0.25) is 0 Å². The number of hydrogen-bond donors (Lipinski definition) is 5. The summed E-state index contributed by atoms with van der Waals surface area (Å²) in [6, 6.07) is 6.60. The second-order valence-electron chi connectivity index (χ2n) is 7.48. The van der Waals surface area contributed by atoms with Crippen LogP contribution in [0.3, 0.4) is 0 Å². The van der Waals surface area contributed by atoms with E-state index in [4.69, 9.17) is 4.74 Å². The quantitative estimate of drug-likeness (QED) is 0.181. The van der Waals surface area contributed by atoms with Crippen LogP contribution in [0.4, 0.5) is 21.5 Å². The van der Waals surface area contributed by atoms with Crippen LogP contribution < -0.4 is 45.7 Å². The zero-order valence-electron chi connectivity index (χ0n) is 17.4. The number of amides is 1. The Morgan fingerprint density at radius 1 is 1.25 bits per heavy atom. The molecular formula is C22H23FIN6O2-. The minimum absolute atomic E-state index is 0.0984. The normalized spacial score (nSPS) is 18.1. The number of pyridine rings is 1. The first kappa shape index (κ1) is 21.0. The number of nitrogens with one attached hydrogen (secondary N) is 5. The molecule has 4 heterocycles. The molecule has 0 spiro atoms. The number of halogens is 2. The summed E-state index contributed by atoms with van der Waals surface area (Å²) in [6.07, 6.45) is 4.49. The van der Waals surface area contributed by atoms with Crippen molar-refractivity contribution in [2.45, 2.75) is 10.3 Å². The Hall–Kier alpha value is -2.86. The second-order valence-corrected chi connectivity index (χ2v) is 10.4. The number of ether oxygens (including phenoxy) is 1. The van der Waals surface area contributed by atoms with E-state index >= 15 is 0 Å². The van der Waals surface area contributed by atoms with Crippen molar-refractivity contribution in [1.82, 2.24) is 18.8 Å². The van der Waals surface area contributed by atoms with Gasteiger partial charge in [-0.15, -0.1) is 0 Å². The summed E-state index contributed by atoms with van der Waals surface area (Å²) in [6.45, 7) is 2.31. The summed E-state index contributed by atoms with van der Waals surface area (Å²) in [4.78, 5) is 20.8. The first-order valence-electron chi connectivity index (χ1n) is 10.3. The molecule has 1 amide bonds. The summed E-state index contributed by atoms with van der Waals surface area (Å²) >= 11 is -0.390. The van der Waals surface area contributed by atoms with Crippen LogP contribution in [0, 0.1) is 5.82 Å². The third-order valence-electron chi connectivity index (χ3n) is 5.50. The number of H-pyrrole nitrogens is 1. The first-order valence-corrected chi connectivity index (χ1v) is 12.7. The molecule has 0 fully saturated rings. The molecule has 1 atom stereocenters. The molecule has 2 aliphatic rings. The number of methoxy groups -OCH3 is 1. The van der Waals surface area contributed by atoms with Crippen molar-refractivity contribution >= 4 is 23.0 Å². The average Bonchev–Trinajstić information content (AvgIpc) is 3.17. The molecule has 0 unspecified atom stereocenters. The molecule has 2 bridgehead atoms. The number of aromatic amines is 1. The molecular weight excluding hydrogens is 526 g/mol. The van der Waals surface area contributed by atoms with E-state index in [1.807, 2.05) is 6.07 Å². The van der Waals surface area contributed by atoms with E-state index in [0.717, 1.165) is 42.1 Å². The van der Waals surface area contributed by atoms with Crippen molar-refractivity contribution in [3.05, 3.63) is 53.7 Å². The molecule has 0 radical (unpaired) electrons. The van der Waals surface area contributed by atoms with Crippen molar-refractivity contribution < 1.29 is 35.4 Å². The Kier molecular flexibility index (Phi) is 5.87. The number of nitrogens with zero attached hydrogens (tertiary/aromatic N) is 1. The molecule has 1 aromatic carbocycles. The van der Waals surface area contributed by atoms with Gasteiger partial charge in [0, 0.05) is 0 Å². The number of anilines is 3. The summed E-state index contributed by atoms with van der Waals surface area (Å²) in [5, 5.41) is 9.79. The van der Waals surface area contributed by atoms with Gasteiger partial charge >= 0.3 is 196 Å². The monoisotopic (exact) mass is 549 g/mol. The van der Waals surface area contributed by atoms with Crippen molar-refractivity contribution in [2.24, 2.45) is 0 Å². The van der Waals surface area contributed by atoms with Gasteiger partial charge in [0.1, 0.15) is 0 Å². The zero-order chi connectivity index (χ0) is 22.1. The number of rotatable bonds is 3. The van der Waals surface area contributed by atoms with Gasteiger partial charge in [0.15, 0.2) is 0 Å². The van der Waals surface area contributed by atoms with Gasteiger partial charge in [-0.1, -0.05) is 0 Å². The third kappa shape index (κ3) is 3.77. The van der Waals surface area contributed by atoms with E-state index in [2.05, 4.69) is 29.4 Å². The van der Waals surface area contributed by atoms with E-state index in [1.54, 1.807) is 24.5 Å². The summed E-state index contributed by atoms with van der Waals surface area (Å²) in [5.74, 6) is -0.529. The van der Waals surface area contributed by atoms with Gasteiger partial charge in [0.25, 0.3) is 0 Å². The molecule has 5 rings (SSSR count). The number of aromatic nitrogens is 2. The summed E-state index contributed by atoms with van der Waals surface area (Å²) < 4.78 is 23.5. The second kappa shape index (κ2) is 8.94. The van der Waals surface area contributed by atoms with Gasteiger partial charge in [-0.3, -0.25) is 0 Å². The summed E-state index contributed by atoms with van der Waals surface area (Å²) in [5.41, 5.74) is 5.04. The molecule has 168 valence electrons. The molecule has 5 N–H and O–H groups in total. The molecule has 0 aliphatic carbocycles. The van der Waals surface area contributed by atoms with Gasteiger partial charge in [-0.2, -0.15) is 0 Å². The fourth-order valence-corrected chi connectivity index (χ4v) is 6.46. The minimum atomic E-state index is -0.474. The van der Waals surface area contributed by atoms with E-state index in [-0.39, 0.29) is 15.6 Å². The number of para-hydroxylation sites is 1. The van der Waals surface area contributed by atoms with Crippen LogP contribution in [-0.2, 0) is 0 Å². The molecule has 3 aromatic rings. The van der Waals surface area contributed by atoms with Crippen LogP contribution >= 0.6 is 0 Å². The van der Waals surface area contributed by atoms with Crippen LogP contribution in [0.25, 0.3) is 11.3 Å². The number of alkyl halides is 1. The van der Waals surface area contributed by atoms with Crippen LogP contribution in [0.5, 0.6) is 5.75 Å². The maximum atomic E-state index is 14.4. The van der Waals surface area contributed by atoms with Crippen molar-refractivity contribution in [1.29, 1.82) is 0 Å². The maximum absolute atomic E-state index is 14.4. The molecule has 0 saturated heterocycles. The molecule has 10 heteroatoms. The van der Waals surface area contributed by atoms with Crippen molar-refractivity contribution in [2.75, 3.05) is 37.4 Å². The van der Waals surface area contributed by atoms with Crippen LogP contribution in [0.1, 0.15) is 26.4 Å². The number of benzene rings is 1. The predicted molar refractivity (Wildman–Crippen MR) is 116 cm³/mol. The number of carbonyl (C=O) groups is 1. The van der Waals surface area contributed by atoms with Gasteiger partial charge in [-0.05, 0) is 0 Å². The Morgan fingerprint density at radius 2 is 2.16 bits per heavy atom. The van der Waals surface area contributed by atoms with Gasteiger partial charge in [0.05, 0.1) is 0 Å². The standard InChI is InChI=1S/C22H23FIN6O2/c1-32-21-13(23)4-2-5-15(21)29-20-17-19-14(10-27-22(17)31)24-28-8-3-7-26-16-11-25-9-6-12(16)18(20)30-19/h2,4-6,9,11,14,26,28-30H,3,7-8,10H2,1H3,(H,27,31)/q-1/t14-/m0/s1. The van der Waals surface area contributed by atoms with E-state index in [0.29, 0.717) is 23.5 Å². The van der Waals surface area contributed by atoms with E-state index in [1.165, 1.54) is 13.2 Å². The molecule has 2 aliphatic heterocycles. The molecule has 2 aromatic heterocycles. The van der Waals surface area contributed by atoms with Gasteiger partial charge in [0.2, 0.25) is 0 Å². The van der Waals surface area contributed by atoms with Gasteiger partial charge < -0.3 is 0 Å².